The van der Waals surface area contributed by atoms with Gasteiger partial charge < -0.3 is 10.1 Å². The standard InChI is InChI=1S/C11H22ClNO/c1-14-8-4-7-13-9-10-5-2-3-6-11(10)12/h10-11,13H,2-9H2,1H3. The Balaban J connectivity index is 1.99. The number of methoxy groups -OCH3 is 1. The predicted octanol–water partition coefficient (Wildman–Crippen LogP) is 2.41. The minimum Gasteiger partial charge on any atom is -0.385 e. The van der Waals surface area contributed by atoms with Crippen molar-refractivity contribution in [2.75, 3.05) is 26.8 Å². The monoisotopic (exact) mass is 219 g/mol. The lowest BCUT2D eigenvalue weighted by molar-refractivity contribution is 0.193. The second-order valence-electron chi connectivity index (χ2n) is 4.11. The van der Waals surface area contributed by atoms with Crippen LogP contribution in [-0.4, -0.2) is 32.2 Å². The lowest BCUT2D eigenvalue weighted by atomic mass is 9.89. The zero-order chi connectivity index (χ0) is 10.2. The Labute approximate surface area is 92.3 Å². The van der Waals surface area contributed by atoms with Crippen molar-refractivity contribution in [3.05, 3.63) is 0 Å². The molecule has 0 aromatic carbocycles. The molecule has 0 radical (unpaired) electrons. The molecule has 2 nitrogen and oxygen atoms in total. The van der Waals surface area contributed by atoms with Gasteiger partial charge in [-0.15, -0.1) is 11.6 Å². The minimum atomic E-state index is 0.402. The van der Waals surface area contributed by atoms with Gasteiger partial charge in [0.05, 0.1) is 0 Å². The maximum atomic E-state index is 6.26. The van der Waals surface area contributed by atoms with Crippen LogP contribution < -0.4 is 5.32 Å². The van der Waals surface area contributed by atoms with Gasteiger partial charge in [0.15, 0.2) is 0 Å². The molecule has 0 amide bonds. The van der Waals surface area contributed by atoms with Gasteiger partial charge in [0.25, 0.3) is 0 Å². The van der Waals surface area contributed by atoms with E-state index in [-0.39, 0.29) is 0 Å². The van der Waals surface area contributed by atoms with Crippen LogP contribution in [0.25, 0.3) is 0 Å². The average molecular weight is 220 g/mol. The molecule has 1 rings (SSSR count). The number of alkyl halides is 1. The molecule has 0 aliphatic heterocycles. The SMILES string of the molecule is COCCCNCC1CCCCC1Cl. The van der Waals surface area contributed by atoms with Crippen LogP contribution in [0.5, 0.6) is 0 Å². The van der Waals surface area contributed by atoms with Crippen LogP contribution in [0.3, 0.4) is 0 Å². The minimum absolute atomic E-state index is 0.402. The fourth-order valence-electron chi connectivity index (χ4n) is 2.02. The Hall–Kier alpha value is 0.210. The van der Waals surface area contributed by atoms with E-state index in [1.165, 1.54) is 25.7 Å². The molecule has 2 atom stereocenters. The van der Waals surface area contributed by atoms with Crippen molar-refractivity contribution in [2.24, 2.45) is 5.92 Å². The molecule has 1 aliphatic carbocycles. The number of hydrogen-bond acceptors (Lipinski definition) is 2. The first-order valence-corrected chi connectivity index (χ1v) is 6.12. The molecule has 2 unspecified atom stereocenters. The van der Waals surface area contributed by atoms with E-state index in [1.807, 2.05) is 0 Å². The highest BCUT2D eigenvalue weighted by molar-refractivity contribution is 6.20. The Morgan fingerprint density at radius 3 is 2.86 bits per heavy atom. The number of ether oxygens (including phenoxy) is 1. The van der Waals surface area contributed by atoms with Crippen LogP contribution in [0.15, 0.2) is 0 Å². The summed E-state index contributed by atoms with van der Waals surface area (Å²) in [7, 11) is 1.75. The second kappa shape index (κ2) is 7.49. The highest BCUT2D eigenvalue weighted by atomic mass is 35.5. The molecule has 1 fully saturated rings. The van der Waals surface area contributed by atoms with Crippen molar-refractivity contribution in [2.45, 2.75) is 37.5 Å². The molecule has 14 heavy (non-hydrogen) atoms. The largest absolute Gasteiger partial charge is 0.385 e. The van der Waals surface area contributed by atoms with Crippen molar-refractivity contribution < 1.29 is 4.74 Å². The van der Waals surface area contributed by atoms with Gasteiger partial charge in [0.1, 0.15) is 0 Å². The van der Waals surface area contributed by atoms with Crippen LogP contribution in [0.2, 0.25) is 0 Å². The fraction of sp³-hybridized carbons (Fsp3) is 1.00. The van der Waals surface area contributed by atoms with E-state index in [1.54, 1.807) is 7.11 Å². The molecule has 1 aliphatic rings. The number of nitrogens with one attached hydrogen (secondary N) is 1. The van der Waals surface area contributed by atoms with E-state index in [4.69, 9.17) is 16.3 Å². The van der Waals surface area contributed by atoms with E-state index < -0.39 is 0 Å². The summed E-state index contributed by atoms with van der Waals surface area (Å²) in [4.78, 5) is 0. The third kappa shape index (κ3) is 4.63. The van der Waals surface area contributed by atoms with Gasteiger partial charge in [-0.2, -0.15) is 0 Å². The molecule has 1 saturated carbocycles. The quantitative estimate of drug-likeness (QED) is 0.547. The lowest BCUT2D eigenvalue weighted by Crippen LogP contribution is -2.31. The summed E-state index contributed by atoms with van der Waals surface area (Å²) in [5.74, 6) is 0.688. The fourth-order valence-corrected chi connectivity index (χ4v) is 2.39. The first-order valence-electron chi connectivity index (χ1n) is 5.68. The van der Waals surface area contributed by atoms with Crippen molar-refractivity contribution in [1.29, 1.82) is 0 Å². The number of rotatable bonds is 6. The molecule has 0 aromatic heterocycles. The van der Waals surface area contributed by atoms with Gasteiger partial charge in [-0.05, 0) is 38.3 Å². The van der Waals surface area contributed by atoms with Crippen LogP contribution >= 0.6 is 11.6 Å². The summed E-state index contributed by atoms with van der Waals surface area (Å²) >= 11 is 6.26. The molecule has 3 heteroatoms. The summed E-state index contributed by atoms with van der Waals surface area (Å²) in [5.41, 5.74) is 0. The predicted molar refractivity (Wildman–Crippen MR) is 61.0 cm³/mol. The topological polar surface area (TPSA) is 21.3 Å². The number of halogens is 1. The molecule has 1 N–H and O–H groups in total. The third-order valence-electron chi connectivity index (χ3n) is 2.92. The number of hydrogen-bond donors (Lipinski definition) is 1. The second-order valence-corrected chi connectivity index (χ2v) is 4.67. The molecule has 0 saturated heterocycles. The van der Waals surface area contributed by atoms with Crippen molar-refractivity contribution >= 4 is 11.6 Å². The van der Waals surface area contributed by atoms with E-state index in [9.17, 15) is 0 Å². The van der Waals surface area contributed by atoms with E-state index in [0.717, 1.165) is 26.1 Å². The van der Waals surface area contributed by atoms with E-state index in [0.29, 0.717) is 11.3 Å². The normalized spacial score (nSPS) is 27.9. The maximum Gasteiger partial charge on any atom is 0.0474 e. The maximum absolute atomic E-state index is 6.26. The summed E-state index contributed by atoms with van der Waals surface area (Å²) < 4.78 is 4.99. The van der Waals surface area contributed by atoms with Crippen LogP contribution in [0, 0.1) is 5.92 Å². The highest BCUT2D eigenvalue weighted by Crippen LogP contribution is 2.27. The van der Waals surface area contributed by atoms with Crippen LogP contribution in [0.4, 0.5) is 0 Å². The summed E-state index contributed by atoms with van der Waals surface area (Å²) in [5, 5.41) is 3.86. The molecule has 0 aromatic rings. The van der Waals surface area contributed by atoms with Crippen LogP contribution in [-0.2, 0) is 4.74 Å². The molecule has 0 heterocycles. The van der Waals surface area contributed by atoms with Gasteiger partial charge in [0, 0.05) is 19.1 Å². The van der Waals surface area contributed by atoms with Crippen molar-refractivity contribution in [3.8, 4) is 0 Å². The summed E-state index contributed by atoms with van der Waals surface area (Å²) in [6.07, 6.45) is 6.26. The Bertz CT molecular complexity index is 143. The third-order valence-corrected chi connectivity index (χ3v) is 3.50. The van der Waals surface area contributed by atoms with Gasteiger partial charge in [-0.25, -0.2) is 0 Å². The molecular weight excluding hydrogens is 198 g/mol. The zero-order valence-electron chi connectivity index (χ0n) is 9.10. The van der Waals surface area contributed by atoms with Gasteiger partial charge in [0.2, 0.25) is 0 Å². The smallest absolute Gasteiger partial charge is 0.0474 e. The van der Waals surface area contributed by atoms with Gasteiger partial charge >= 0.3 is 0 Å². The van der Waals surface area contributed by atoms with E-state index in [2.05, 4.69) is 5.32 Å². The molecular formula is C11H22ClNO. The zero-order valence-corrected chi connectivity index (χ0v) is 9.85. The Morgan fingerprint density at radius 1 is 1.36 bits per heavy atom. The Morgan fingerprint density at radius 2 is 2.14 bits per heavy atom. The first kappa shape index (κ1) is 12.3. The molecule has 0 spiro atoms. The summed E-state index contributed by atoms with van der Waals surface area (Å²) in [6, 6.07) is 0. The van der Waals surface area contributed by atoms with E-state index >= 15 is 0 Å². The lowest BCUT2D eigenvalue weighted by Gasteiger charge is -2.27. The van der Waals surface area contributed by atoms with Crippen LogP contribution in [0.1, 0.15) is 32.1 Å². The first-order chi connectivity index (χ1) is 6.84. The van der Waals surface area contributed by atoms with Crippen molar-refractivity contribution in [1.82, 2.24) is 5.32 Å². The highest BCUT2D eigenvalue weighted by Gasteiger charge is 2.22. The summed E-state index contributed by atoms with van der Waals surface area (Å²) in [6.45, 7) is 2.98. The van der Waals surface area contributed by atoms with Gasteiger partial charge in [-0.1, -0.05) is 12.8 Å². The van der Waals surface area contributed by atoms with Crippen molar-refractivity contribution in [3.63, 3.8) is 0 Å². The average Bonchev–Trinajstić information content (AvgIpc) is 2.20. The molecule has 84 valence electrons. The van der Waals surface area contributed by atoms with Gasteiger partial charge in [-0.3, -0.25) is 0 Å². The Kier molecular flexibility index (Phi) is 6.57. The molecule has 0 bridgehead atoms.